The third-order valence-electron chi connectivity index (χ3n) is 7.06. The highest BCUT2D eigenvalue weighted by atomic mass is 16.5. The number of carbonyl (C=O) groups excluding carboxylic acids is 1. The first-order valence-electron chi connectivity index (χ1n) is 14.4. The number of nitrogens with zero attached hydrogens (tertiary/aromatic N) is 3. The lowest BCUT2D eigenvalue weighted by molar-refractivity contribution is 0.112. The Bertz CT molecular complexity index is 1690. The second kappa shape index (κ2) is 12.3. The summed E-state index contributed by atoms with van der Waals surface area (Å²) in [5.74, 6) is 1.84. The monoisotopic (exact) mass is 562 g/mol. The van der Waals surface area contributed by atoms with E-state index in [-0.39, 0.29) is 6.03 Å². The number of carbonyl (C=O) groups is 1. The SMILES string of the molecule is CCCCc1cc(NC(=O)Nc2ccc(OC(C)(C)Cc3ccnc(N)c3)c3ccccc23)n(-c2ccc(C)cc2)n1. The molecule has 0 spiro atoms. The molecular formula is C34H38N6O2. The molecule has 0 saturated heterocycles. The van der Waals surface area contributed by atoms with Crippen LogP contribution in [-0.4, -0.2) is 26.4 Å². The number of hydrogen-bond acceptors (Lipinski definition) is 5. The van der Waals surface area contributed by atoms with Crippen LogP contribution >= 0.6 is 0 Å². The number of fused-ring (bicyclic) bond motifs is 1. The minimum Gasteiger partial charge on any atom is -0.487 e. The maximum atomic E-state index is 13.3. The first-order chi connectivity index (χ1) is 20.2. The number of nitrogens with one attached hydrogen (secondary N) is 2. The fraction of sp³-hybridized carbons (Fsp3) is 0.265. The molecule has 0 aliphatic heterocycles. The molecule has 0 aliphatic carbocycles. The number of anilines is 3. The minimum absolute atomic E-state index is 0.347. The first-order valence-corrected chi connectivity index (χ1v) is 14.4. The fourth-order valence-electron chi connectivity index (χ4n) is 5.05. The van der Waals surface area contributed by atoms with E-state index in [0.29, 0.717) is 23.7 Å². The summed E-state index contributed by atoms with van der Waals surface area (Å²) in [6, 6.07) is 25.2. The number of ether oxygens (including phenoxy) is 1. The van der Waals surface area contributed by atoms with Crippen LogP contribution in [0.2, 0.25) is 0 Å². The molecule has 8 heteroatoms. The predicted octanol–water partition coefficient (Wildman–Crippen LogP) is 7.70. The molecule has 0 atom stereocenters. The lowest BCUT2D eigenvalue weighted by Gasteiger charge is -2.28. The summed E-state index contributed by atoms with van der Waals surface area (Å²) in [7, 11) is 0. The molecule has 42 heavy (non-hydrogen) atoms. The maximum Gasteiger partial charge on any atom is 0.324 e. The van der Waals surface area contributed by atoms with Gasteiger partial charge in [-0.2, -0.15) is 5.10 Å². The van der Waals surface area contributed by atoms with E-state index in [2.05, 4.69) is 22.5 Å². The lowest BCUT2D eigenvalue weighted by Crippen LogP contribution is -2.31. The Hall–Kier alpha value is -4.85. The molecule has 8 nitrogen and oxygen atoms in total. The topological polar surface area (TPSA) is 107 Å². The molecule has 5 aromatic rings. The van der Waals surface area contributed by atoms with Gasteiger partial charge in [-0.05, 0) is 75.6 Å². The van der Waals surface area contributed by atoms with Gasteiger partial charge < -0.3 is 15.8 Å². The predicted molar refractivity (Wildman–Crippen MR) is 171 cm³/mol. The van der Waals surface area contributed by atoms with Crippen LogP contribution in [0.1, 0.15) is 50.4 Å². The second-order valence-electron chi connectivity index (χ2n) is 11.2. The summed E-state index contributed by atoms with van der Waals surface area (Å²) >= 11 is 0. The standard InChI is InChI=1S/C34H38N6O2/c1-5-6-9-25-21-32(40(39-25)26-14-12-23(2)13-15-26)38-33(41)37-29-16-17-30(28-11-8-7-10-27(28)29)42-34(3,4)22-24-18-19-36-31(35)20-24/h7-8,10-21H,5-6,9,22H2,1-4H3,(H2,35,36)(H2,37,38,41). The van der Waals surface area contributed by atoms with Crippen LogP contribution in [0.5, 0.6) is 5.75 Å². The Morgan fingerprint density at radius 3 is 2.48 bits per heavy atom. The van der Waals surface area contributed by atoms with Crippen molar-refractivity contribution >= 4 is 34.1 Å². The van der Waals surface area contributed by atoms with E-state index in [1.165, 1.54) is 0 Å². The van der Waals surface area contributed by atoms with E-state index in [0.717, 1.165) is 58.3 Å². The number of rotatable bonds is 10. The van der Waals surface area contributed by atoms with Crippen LogP contribution in [0.3, 0.4) is 0 Å². The molecule has 0 fully saturated rings. The minimum atomic E-state index is -0.507. The van der Waals surface area contributed by atoms with Gasteiger partial charge in [-0.25, -0.2) is 14.5 Å². The smallest absolute Gasteiger partial charge is 0.324 e. The van der Waals surface area contributed by atoms with Crippen LogP contribution < -0.4 is 21.1 Å². The third-order valence-corrected chi connectivity index (χ3v) is 7.06. The quantitative estimate of drug-likeness (QED) is 0.162. The van der Waals surface area contributed by atoms with Gasteiger partial charge >= 0.3 is 6.03 Å². The number of urea groups is 1. The number of hydrogen-bond donors (Lipinski definition) is 3. The molecule has 0 radical (unpaired) electrons. The molecular weight excluding hydrogens is 524 g/mol. The molecule has 5 rings (SSSR count). The van der Waals surface area contributed by atoms with Crippen molar-refractivity contribution in [2.45, 2.75) is 59.0 Å². The summed E-state index contributed by atoms with van der Waals surface area (Å²) in [6.07, 6.45) is 5.32. The normalized spacial score (nSPS) is 11.4. The van der Waals surface area contributed by atoms with Crippen molar-refractivity contribution in [3.8, 4) is 11.4 Å². The van der Waals surface area contributed by atoms with Crippen molar-refractivity contribution in [2.24, 2.45) is 0 Å². The number of nitrogens with two attached hydrogens (primary N) is 1. The summed E-state index contributed by atoms with van der Waals surface area (Å²) < 4.78 is 8.31. The molecule has 2 amide bonds. The summed E-state index contributed by atoms with van der Waals surface area (Å²) in [5, 5.41) is 12.6. The fourth-order valence-corrected chi connectivity index (χ4v) is 5.05. The van der Waals surface area contributed by atoms with Gasteiger partial charge in [-0.15, -0.1) is 0 Å². The van der Waals surface area contributed by atoms with Gasteiger partial charge in [-0.3, -0.25) is 5.32 Å². The Kier molecular flexibility index (Phi) is 8.43. The second-order valence-corrected chi connectivity index (χ2v) is 11.2. The molecule has 2 aromatic heterocycles. The zero-order valence-corrected chi connectivity index (χ0v) is 24.6. The van der Waals surface area contributed by atoms with Gasteiger partial charge in [0.05, 0.1) is 17.1 Å². The highest BCUT2D eigenvalue weighted by Crippen LogP contribution is 2.34. The van der Waals surface area contributed by atoms with E-state index in [9.17, 15) is 4.79 Å². The molecule has 0 aliphatic rings. The van der Waals surface area contributed by atoms with E-state index in [1.807, 2.05) is 99.6 Å². The number of unbranched alkanes of at least 4 members (excludes halogenated alkanes) is 1. The van der Waals surface area contributed by atoms with E-state index >= 15 is 0 Å². The van der Waals surface area contributed by atoms with Gasteiger partial charge in [0.15, 0.2) is 0 Å². The Labute approximate surface area is 246 Å². The summed E-state index contributed by atoms with van der Waals surface area (Å²) in [6.45, 7) is 8.29. The van der Waals surface area contributed by atoms with Gasteiger partial charge in [0.2, 0.25) is 0 Å². The van der Waals surface area contributed by atoms with Gasteiger partial charge in [0.1, 0.15) is 23.0 Å². The highest BCUT2D eigenvalue weighted by molar-refractivity contribution is 6.07. The van der Waals surface area contributed by atoms with Crippen molar-refractivity contribution in [1.82, 2.24) is 14.8 Å². The Balaban J connectivity index is 1.37. The van der Waals surface area contributed by atoms with Crippen LogP contribution in [-0.2, 0) is 12.8 Å². The van der Waals surface area contributed by atoms with E-state index in [1.54, 1.807) is 10.9 Å². The molecule has 4 N–H and O–H groups in total. The number of nitrogen functional groups attached to an aromatic ring is 1. The Morgan fingerprint density at radius 1 is 0.976 bits per heavy atom. The summed E-state index contributed by atoms with van der Waals surface area (Å²) in [5.41, 5.74) is 10.1. The van der Waals surface area contributed by atoms with Gasteiger partial charge in [-0.1, -0.05) is 55.3 Å². The molecule has 216 valence electrons. The highest BCUT2D eigenvalue weighted by Gasteiger charge is 2.23. The first kappa shape index (κ1) is 28.7. The van der Waals surface area contributed by atoms with Crippen LogP contribution in [0.4, 0.5) is 22.1 Å². The molecule has 0 saturated carbocycles. The van der Waals surface area contributed by atoms with Crippen molar-refractivity contribution in [2.75, 3.05) is 16.4 Å². The Morgan fingerprint density at radius 2 is 1.74 bits per heavy atom. The zero-order chi connectivity index (χ0) is 29.7. The van der Waals surface area contributed by atoms with Crippen molar-refractivity contribution < 1.29 is 9.53 Å². The van der Waals surface area contributed by atoms with Crippen LogP contribution in [0.25, 0.3) is 16.5 Å². The summed E-state index contributed by atoms with van der Waals surface area (Å²) in [4.78, 5) is 17.4. The molecule has 3 aromatic carbocycles. The average Bonchev–Trinajstić information content (AvgIpc) is 3.35. The van der Waals surface area contributed by atoms with Crippen molar-refractivity contribution in [3.05, 3.63) is 102 Å². The van der Waals surface area contributed by atoms with E-state index < -0.39 is 5.60 Å². The van der Waals surface area contributed by atoms with Crippen LogP contribution in [0, 0.1) is 6.92 Å². The third kappa shape index (κ3) is 6.89. The largest absolute Gasteiger partial charge is 0.487 e. The van der Waals surface area contributed by atoms with Crippen molar-refractivity contribution in [1.29, 1.82) is 0 Å². The van der Waals surface area contributed by atoms with Crippen LogP contribution in [0.15, 0.2) is 85.1 Å². The van der Waals surface area contributed by atoms with Gasteiger partial charge in [0, 0.05) is 29.5 Å². The van der Waals surface area contributed by atoms with E-state index in [4.69, 9.17) is 15.6 Å². The molecule has 0 bridgehead atoms. The average molecular weight is 563 g/mol. The molecule has 0 unspecified atom stereocenters. The maximum absolute atomic E-state index is 13.3. The van der Waals surface area contributed by atoms with Crippen molar-refractivity contribution in [3.63, 3.8) is 0 Å². The number of aryl methyl sites for hydroxylation is 2. The zero-order valence-electron chi connectivity index (χ0n) is 24.6. The van der Waals surface area contributed by atoms with Gasteiger partial charge in [0.25, 0.3) is 0 Å². The number of amides is 2. The number of aromatic nitrogens is 3. The number of benzene rings is 3. The number of pyridine rings is 1. The molecule has 2 heterocycles. The lowest BCUT2D eigenvalue weighted by atomic mass is 9.98.